The Labute approximate surface area is 116 Å². The number of carbonyl (C=O) groups is 2. The number of rotatable bonds is 6. The molecular weight excluding hydrogens is 270 g/mol. The van der Waals surface area contributed by atoms with E-state index in [0.717, 1.165) is 0 Å². The van der Waals surface area contributed by atoms with Crippen LogP contribution in [0.2, 0.25) is 5.02 Å². The van der Waals surface area contributed by atoms with Gasteiger partial charge in [0.05, 0.1) is 5.02 Å². The van der Waals surface area contributed by atoms with E-state index in [2.05, 4.69) is 5.32 Å². The molecule has 1 aromatic carbocycles. The van der Waals surface area contributed by atoms with Gasteiger partial charge >= 0.3 is 5.97 Å². The van der Waals surface area contributed by atoms with E-state index < -0.39 is 24.0 Å². The fourth-order valence-corrected chi connectivity index (χ4v) is 1.59. The van der Waals surface area contributed by atoms with Crippen molar-refractivity contribution in [3.63, 3.8) is 0 Å². The molecule has 0 heterocycles. The number of hydrogen-bond acceptors (Lipinski definition) is 3. The topological polar surface area (TPSA) is 75.6 Å². The van der Waals surface area contributed by atoms with Crippen LogP contribution in [0.4, 0.5) is 0 Å². The van der Waals surface area contributed by atoms with Gasteiger partial charge < -0.3 is 15.2 Å². The lowest BCUT2D eigenvalue weighted by Gasteiger charge is -2.18. The van der Waals surface area contributed by atoms with Crippen LogP contribution < -0.4 is 10.1 Å². The predicted molar refractivity (Wildman–Crippen MR) is 71.4 cm³/mol. The van der Waals surface area contributed by atoms with Gasteiger partial charge in [0, 0.05) is 0 Å². The number of amides is 1. The summed E-state index contributed by atoms with van der Waals surface area (Å²) < 4.78 is 5.40. The number of carbonyl (C=O) groups excluding carboxylic acids is 1. The summed E-state index contributed by atoms with van der Waals surface area (Å²) in [4.78, 5) is 22.6. The van der Waals surface area contributed by atoms with E-state index in [-0.39, 0.29) is 0 Å². The second kappa shape index (κ2) is 6.99. The summed E-state index contributed by atoms with van der Waals surface area (Å²) in [7, 11) is 0. The minimum Gasteiger partial charge on any atom is -0.480 e. The first kappa shape index (κ1) is 15.3. The first-order valence-electron chi connectivity index (χ1n) is 5.90. The molecule has 0 aliphatic heterocycles. The van der Waals surface area contributed by atoms with E-state index in [0.29, 0.717) is 17.2 Å². The largest absolute Gasteiger partial charge is 0.480 e. The van der Waals surface area contributed by atoms with Crippen LogP contribution in [0.5, 0.6) is 5.75 Å². The number of hydrogen-bond donors (Lipinski definition) is 2. The standard InChI is InChI=1S/C13H16ClNO4/c1-3-10(13(17)18)15-12(16)8(2)19-11-7-5-4-6-9(11)14/h4-8,10H,3H2,1-2H3,(H,15,16)(H,17,18)/t8?,10-/m1/s1. The molecule has 0 saturated carbocycles. The van der Waals surface area contributed by atoms with Crippen LogP contribution in [-0.2, 0) is 9.59 Å². The lowest BCUT2D eigenvalue weighted by Crippen LogP contribution is -2.45. The third-order valence-corrected chi connectivity index (χ3v) is 2.84. The summed E-state index contributed by atoms with van der Waals surface area (Å²) in [6.45, 7) is 3.21. The molecule has 1 aromatic rings. The van der Waals surface area contributed by atoms with Gasteiger partial charge in [0.1, 0.15) is 11.8 Å². The van der Waals surface area contributed by atoms with Crippen LogP contribution in [-0.4, -0.2) is 29.1 Å². The van der Waals surface area contributed by atoms with Gasteiger partial charge in [-0.3, -0.25) is 4.79 Å². The highest BCUT2D eigenvalue weighted by atomic mass is 35.5. The minimum absolute atomic E-state index is 0.305. The second-order valence-electron chi connectivity index (χ2n) is 4.00. The highest BCUT2D eigenvalue weighted by molar-refractivity contribution is 6.32. The van der Waals surface area contributed by atoms with Crippen LogP contribution in [0.25, 0.3) is 0 Å². The van der Waals surface area contributed by atoms with Crippen LogP contribution >= 0.6 is 11.6 Å². The Morgan fingerprint density at radius 3 is 2.58 bits per heavy atom. The Balaban J connectivity index is 2.63. The van der Waals surface area contributed by atoms with Crippen LogP contribution in [0, 0.1) is 0 Å². The Hall–Kier alpha value is -1.75. The molecule has 0 bridgehead atoms. The molecular formula is C13H16ClNO4. The molecule has 1 amide bonds. The molecule has 104 valence electrons. The zero-order valence-corrected chi connectivity index (χ0v) is 11.5. The lowest BCUT2D eigenvalue weighted by atomic mass is 10.2. The highest BCUT2D eigenvalue weighted by Gasteiger charge is 2.22. The molecule has 0 fully saturated rings. The van der Waals surface area contributed by atoms with Crippen LogP contribution in [0.1, 0.15) is 20.3 Å². The van der Waals surface area contributed by atoms with Crippen molar-refractivity contribution in [3.05, 3.63) is 29.3 Å². The zero-order chi connectivity index (χ0) is 14.4. The summed E-state index contributed by atoms with van der Waals surface area (Å²) in [5.41, 5.74) is 0. The van der Waals surface area contributed by atoms with E-state index >= 15 is 0 Å². The minimum atomic E-state index is -1.07. The van der Waals surface area contributed by atoms with Crippen molar-refractivity contribution >= 4 is 23.5 Å². The molecule has 5 nitrogen and oxygen atoms in total. The highest BCUT2D eigenvalue weighted by Crippen LogP contribution is 2.24. The molecule has 1 rings (SSSR count). The van der Waals surface area contributed by atoms with Gasteiger partial charge in [-0.15, -0.1) is 0 Å². The van der Waals surface area contributed by atoms with E-state index in [1.165, 1.54) is 6.92 Å². The van der Waals surface area contributed by atoms with Crippen molar-refractivity contribution in [1.29, 1.82) is 0 Å². The van der Waals surface area contributed by atoms with Gasteiger partial charge in [-0.1, -0.05) is 30.7 Å². The Bertz CT molecular complexity index is 464. The number of aliphatic carboxylic acids is 1. The third-order valence-electron chi connectivity index (χ3n) is 2.53. The summed E-state index contributed by atoms with van der Waals surface area (Å²) in [6.07, 6.45) is -0.520. The fourth-order valence-electron chi connectivity index (χ4n) is 1.41. The number of ether oxygens (including phenoxy) is 1. The summed E-state index contributed by atoms with van der Waals surface area (Å²) >= 11 is 5.91. The van der Waals surface area contributed by atoms with E-state index in [1.807, 2.05) is 0 Å². The third kappa shape index (κ3) is 4.44. The molecule has 0 spiro atoms. The number of halogens is 1. The maximum absolute atomic E-state index is 11.8. The van der Waals surface area contributed by atoms with E-state index in [9.17, 15) is 9.59 Å². The van der Waals surface area contributed by atoms with Crippen molar-refractivity contribution in [1.82, 2.24) is 5.32 Å². The molecule has 1 unspecified atom stereocenters. The maximum Gasteiger partial charge on any atom is 0.326 e. The molecule has 6 heteroatoms. The quantitative estimate of drug-likeness (QED) is 0.839. The number of carboxylic acid groups (broad SMARTS) is 1. The molecule has 0 radical (unpaired) electrons. The van der Waals surface area contributed by atoms with E-state index in [1.54, 1.807) is 31.2 Å². The van der Waals surface area contributed by atoms with Gasteiger partial charge in [-0.25, -0.2) is 4.79 Å². The van der Waals surface area contributed by atoms with Crippen molar-refractivity contribution in [3.8, 4) is 5.75 Å². The number of para-hydroxylation sites is 1. The van der Waals surface area contributed by atoms with Crippen molar-refractivity contribution in [2.45, 2.75) is 32.4 Å². The first-order valence-corrected chi connectivity index (χ1v) is 6.27. The second-order valence-corrected chi connectivity index (χ2v) is 4.41. The van der Waals surface area contributed by atoms with Crippen LogP contribution in [0.3, 0.4) is 0 Å². The summed E-state index contributed by atoms with van der Waals surface area (Å²) in [5.74, 6) is -1.18. The first-order chi connectivity index (χ1) is 8.95. The van der Waals surface area contributed by atoms with Gasteiger partial charge in [-0.2, -0.15) is 0 Å². The van der Waals surface area contributed by atoms with Gasteiger partial charge in [0.25, 0.3) is 5.91 Å². The molecule has 2 N–H and O–H groups in total. The maximum atomic E-state index is 11.8. The molecule has 0 aliphatic rings. The van der Waals surface area contributed by atoms with Crippen LogP contribution in [0.15, 0.2) is 24.3 Å². The Morgan fingerprint density at radius 1 is 1.42 bits per heavy atom. The normalized spacial score (nSPS) is 13.4. The smallest absolute Gasteiger partial charge is 0.326 e. The number of nitrogens with one attached hydrogen (secondary N) is 1. The fraction of sp³-hybridized carbons (Fsp3) is 0.385. The monoisotopic (exact) mass is 285 g/mol. The lowest BCUT2D eigenvalue weighted by molar-refractivity contribution is -0.143. The molecule has 0 saturated heterocycles. The van der Waals surface area contributed by atoms with Crippen molar-refractivity contribution in [2.75, 3.05) is 0 Å². The summed E-state index contributed by atoms with van der Waals surface area (Å²) in [5, 5.41) is 11.7. The summed E-state index contributed by atoms with van der Waals surface area (Å²) in [6, 6.07) is 5.86. The van der Waals surface area contributed by atoms with Gasteiger partial charge in [-0.05, 0) is 25.5 Å². The van der Waals surface area contributed by atoms with Gasteiger partial charge in [0.15, 0.2) is 6.10 Å². The van der Waals surface area contributed by atoms with Crippen molar-refractivity contribution in [2.24, 2.45) is 0 Å². The number of carboxylic acids is 1. The SMILES string of the molecule is CC[C@@H](NC(=O)C(C)Oc1ccccc1Cl)C(=O)O. The zero-order valence-electron chi connectivity index (χ0n) is 10.7. The average Bonchev–Trinajstić information content (AvgIpc) is 2.37. The molecule has 19 heavy (non-hydrogen) atoms. The van der Waals surface area contributed by atoms with E-state index in [4.69, 9.17) is 21.4 Å². The predicted octanol–water partition coefficient (Wildman–Crippen LogP) is 2.09. The van der Waals surface area contributed by atoms with Gasteiger partial charge in [0.2, 0.25) is 0 Å². The Morgan fingerprint density at radius 2 is 2.05 bits per heavy atom. The molecule has 2 atom stereocenters. The molecule has 0 aromatic heterocycles. The average molecular weight is 286 g/mol. The molecule has 0 aliphatic carbocycles. The van der Waals surface area contributed by atoms with Crippen molar-refractivity contribution < 1.29 is 19.4 Å². The number of benzene rings is 1. The Kier molecular flexibility index (Phi) is 5.63.